The zero-order chi connectivity index (χ0) is 11.5. The lowest BCUT2D eigenvalue weighted by molar-refractivity contribution is 0.541. The second-order valence-corrected chi connectivity index (χ2v) is 3.94. The Morgan fingerprint density at radius 1 is 1.31 bits per heavy atom. The van der Waals surface area contributed by atoms with Gasteiger partial charge in [-0.2, -0.15) is 4.98 Å². The highest BCUT2D eigenvalue weighted by molar-refractivity contribution is 5.30. The van der Waals surface area contributed by atoms with E-state index in [9.17, 15) is 0 Å². The van der Waals surface area contributed by atoms with Crippen molar-refractivity contribution in [3.63, 3.8) is 0 Å². The van der Waals surface area contributed by atoms with E-state index in [0.717, 1.165) is 17.9 Å². The third-order valence-electron chi connectivity index (χ3n) is 2.56. The summed E-state index contributed by atoms with van der Waals surface area (Å²) >= 11 is 0. The van der Waals surface area contributed by atoms with Crippen LogP contribution >= 0.6 is 0 Å². The molecule has 2 rings (SSSR count). The number of rotatable bonds is 3. The van der Waals surface area contributed by atoms with Crippen LogP contribution in [0.25, 0.3) is 0 Å². The van der Waals surface area contributed by atoms with Crippen LogP contribution in [0, 0.1) is 13.8 Å². The van der Waals surface area contributed by atoms with Crippen molar-refractivity contribution in [1.82, 2.24) is 4.98 Å². The van der Waals surface area contributed by atoms with E-state index in [2.05, 4.69) is 41.5 Å². The monoisotopic (exact) mass is 216 g/mol. The van der Waals surface area contributed by atoms with Crippen molar-refractivity contribution >= 4 is 6.01 Å². The van der Waals surface area contributed by atoms with Crippen LogP contribution in [0.2, 0.25) is 0 Å². The van der Waals surface area contributed by atoms with E-state index >= 15 is 0 Å². The molecular weight excluding hydrogens is 200 g/mol. The van der Waals surface area contributed by atoms with Crippen LogP contribution in [-0.4, -0.2) is 12.0 Å². The summed E-state index contributed by atoms with van der Waals surface area (Å²) in [6.07, 6.45) is 0.818. The van der Waals surface area contributed by atoms with Gasteiger partial charge in [-0.15, -0.1) is 0 Å². The molecule has 0 unspecified atom stereocenters. The number of anilines is 1. The van der Waals surface area contributed by atoms with Gasteiger partial charge in [0, 0.05) is 13.5 Å². The van der Waals surface area contributed by atoms with Crippen molar-refractivity contribution in [3.8, 4) is 0 Å². The minimum absolute atomic E-state index is 0.583. The molecule has 1 aromatic carbocycles. The normalized spacial score (nSPS) is 10.4. The summed E-state index contributed by atoms with van der Waals surface area (Å²) in [7, 11) is 1.81. The molecule has 0 aliphatic rings. The lowest BCUT2D eigenvalue weighted by Gasteiger charge is -2.00. The van der Waals surface area contributed by atoms with Gasteiger partial charge in [-0.25, -0.2) is 0 Å². The highest BCUT2D eigenvalue weighted by Gasteiger charge is 2.08. The molecule has 3 nitrogen and oxygen atoms in total. The maximum absolute atomic E-state index is 5.44. The zero-order valence-corrected chi connectivity index (χ0v) is 9.87. The number of aryl methyl sites for hydroxylation is 2. The van der Waals surface area contributed by atoms with E-state index in [4.69, 9.17) is 4.42 Å². The summed E-state index contributed by atoms with van der Waals surface area (Å²) in [6.45, 7) is 4.04. The van der Waals surface area contributed by atoms with Crippen molar-refractivity contribution < 1.29 is 4.42 Å². The van der Waals surface area contributed by atoms with Crippen LogP contribution < -0.4 is 5.32 Å². The van der Waals surface area contributed by atoms with E-state index < -0.39 is 0 Å². The van der Waals surface area contributed by atoms with Gasteiger partial charge in [0.1, 0.15) is 5.76 Å². The molecule has 0 spiro atoms. The molecule has 1 aromatic heterocycles. The van der Waals surface area contributed by atoms with Gasteiger partial charge in [0.15, 0.2) is 0 Å². The van der Waals surface area contributed by atoms with Crippen LogP contribution in [0.1, 0.15) is 22.6 Å². The molecule has 0 aliphatic heterocycles. The Morgan fingerprint density at radius 3 is 2.75 bits per heavy atom. The number of hydrogen-bond donors (Lipinski definition) is 1. The highest BCUT2D eigenvalue weighted by atomic mass is 16.4. The summed E-state index contributed by atoms with van der Waals surface area (Å²) in [5.74, 6) is 0.880. The standard InChI is InChI=1S/C13H16N2O/c1-9-5-4-6-11(7-9)8-12-10(2)16-13(14-3)15-12/h4-7H,8H2,1-3H3,(H,14,15). The van der Waals surface area contributed by atoms with Gasteiger partial charge in [0.2, 0.25) is 0 Å². The summed E-state index contributed by atoms with van der Waals surface area (Å²) in [4.78, 5) is 4.38. The molecule has 0 aliphatic carbocycles. The molecule has 84 valence electrons. The summed E-state index contributed by atoms with van der Waals surface area (Å²) in [5.41, 5.74) is 3.53. The first-order chi connectivity index (χ1) is 7.69. The van der Waals surface area contributed by atoms with Crippen molar-refractivity contribution in [2.24, 2.45) is 0 Å². The Labute approximate surface area is 95.5 Å². The van der Waals surface area contributed by atoms with Crippen LogP contribution in [0.4, 0.5) is 6.01 Å². The Balaban J connectivity index is 2.23. The van der Waals surface area contributed by atoms with Crippen LogP contribution in [-0.2, 0) is 6.42 Å². The maximum atomic E-state index is 5.44. The Morgan fingerprint density at radius 2 is 2.12 bits per heavy atom. The van der Waals surface area contributed by atoms with Gasteiger partial charge >= 0.3 is 0 Å². The number of nitrogens with one attached hydrogen (secondary N) is 1. The third-order valence-corrected chi connectivity index (χ3v) is 2.56. The van der Waals surface area contributed by atoms with E-state index in [1.54, 1.807) is 0 Å². The van der Waals surface area contributed by atoms with Crippen molar-refractivity contribution in [2.45, 2.75) is 20.3 Å². The summed E-state index contributed by atoms with van der Waals surface area (Å²) < 4.78 is 5.44. The van der Waals surface area contributed by atoms with Gasteiger partial charge in [-0.05, 0) is 19.4 Å². The quantitative estimate of drug-likeness (QED) is 0.857. The van der Waals surface area contributed by atoms with Crippen LogP contribution in [0.5, 0.6) is 0 Å². The van der Waals surface area contributed by atoms with Gasteiger partial charge < -0.3 is 9.73 Å². The molecule has 0 saturated carbocycles. The smallest absolute Gasteiger partial charge is 0.294 e. The second-order valence-electron chi connectivity index (χ2n) is 3.94. The number of aromatic nitrogens is 1. The molecule has 0 bridgehead atoms. The molecule has 0 amide bonds. The van der Waals surface area contributed by atoms with Crippen molar-refractivity contribution in [3.05, 3.63) is 46.8 Å². The van der Waals surface area contributed by atoms with Crippen molar-refractivity contribution in [2.75, 3.05) is 12.4 Å². The topological polar surface area (TPSA) is 38.1 Å². The number of nitrogens with zero attached hydrogens (tertiary/aromatic N) is 1. The molecule has 0 fully saturated rings. The third kappa shape index (κ3) is 2.24. The molecule has 0 saturated heterocycles. The molecule has 16 heavy (non-hydrogen) atoms. The molecule has 0 atom stereocenters. The lowest BCUT2D eigenvalue weighted by Crippen LogP contribution is -1.92. The first kappa shape index (κ1) is 10.7. The summed E-state index contributed by atoms with van der Waals surface area (Å²) in [5, 5.41) is 2.91. The van der Waals surface area contributed by atoms with Gasteiger partial charge in [-0.3, -0.25) is 0 Å². The Bertz CT molecular complexity index is 488. The van der Waals surface area contributed by atoms with E-state index in [0.29, 0.717) is 6.01 Å². The first-order valence-corrected chi connectivity index (χ1v) is 5.38. The number of hydrogen-bond acceptors (Lipinski definition) is 3. The molecule has 1 heterocycles. The fraction of sp³-hybridized carbons (Fsp3) is 0.308. The SMILES string of the molecule is CNc1nc(Cc2cccc(C)c2)c(C)o1. The summed E-state index contributed by atoms with van der Waals surface area (Å²) in [6, 6.07) is 9.03. The predicted octanol–water partition coefficient (Wildman–Crippen LogP) is 2.92. The van der Waals surface area contributed by atoms with E-state index in [-0.39, 0.29) is 0 Å². The molecule has 1 N–H and O–H groups in total. The average molecular weight is 216 g/mol. The van der Waals surface area contributed by atoms with Gasteiger partial charge in [-0.1, -0.05) is 29.8 Å². The van der Waals surface area contributed by atoms with Crippen LogP contribution in [0.3, 0.4) is 0 Å². The minimum atomic E-state index is 0.583. The maximum Gasteiger partial charge on any atom is 0.294 e. The largest absolute Gasteiger partial charge is 0.429 e. The number of oxazole rings is 1. The van der Waals surface area contributed by atoms with Gasteiger partial charge in [0.25, 0.3) is 6.01 Å². The average Bonchev–Trinajstić information content (AvgIpc) is 2.60. The Hall–Kier alpha value is -1.77. The van der Waals surface area contributed by atoms with Crippen LogP contribution in [0.15, 0.2) is 28.7 Å². The number of benzene rings is 1. The molecule has 3 heteroatoms. The predicted molar refractivity (Wildman–Crippen MR) is 64.8 cm³/mol. The fourth-order valence-corrected chi connectivity index (χ4v) is 1.71. The molecular formula is C13H16N2O. The Kier molecular flexibility index (Phi) is 2.95. The highest BCUT2D eigenvalue weighted by Crippen LogP contribution is 2.17. The van der Waals surface area contributed by atoms with Crippen molar-refractivity contribution in [1.29, 1.82) is 0 Å². The zero-order valence-electron chi connectivity index (χ0n) is 9.87. The van der Waals surface area contributed by atoms with E-state index in [1.807, 2.05) is 14.0 Å². The minimum Gasteiger partial charge on any atom is -0.429 e. The lowest BCUT2D eigenvalue weighted by atomic mass is 10.1. The fourth-order valence-electron chi connectivity index (χ4n) is 1.71. The molecule has 2 aromatic rings. The van der Waals surface area contributed by atoms with E-state index in [1.165, 1.54) is 11.1 Å². The first-order valence-electron chi connectivity index (χ1n) is 5.38. The van der Waals surface area contributed by atoms with Gasteiger partial charge in [0.05, 0.1) is 5.69 Å². The second kappa shape index (κ2) is 4.39. The molecule has 0 radical (unpaired) electrons.